The second-order valence-electron chi connectivity index (χ2n) is 5.12. The lowest BCUT2D eigenvalue weighted by Crippen LogP contribution is -2.33. The molecule has 0 bridgehead atoms. The van der Waals surface area contributed by atoms with Crippen LogP contribution in [-0.4, -0.2) is 33.7 Å². The Morgan fingerprint density at radius 1 is 1.43 bits per heavy atom. The second kappa shape index (κ2) is 8.11. The van der Waals surface area contributed by atoms with E-state index in [4.69, 9.17) is 14.0 Å². The summed E-state index contributed by atoms with van der Waals surface area (Å²) < 4.78 is 10.2. The van der Waals surface area contributed by atoms with Crippen LogP contribution in [0.2, 0.25) is 0 Å². The molecule has 2 rings (SSSR count). The minimum absolute atomic E-state index is 0.128. The number of amides is 1. The zero-order chi connectivity index (χ0) is 16.7. The van der Waals surface area contributed by atoms with Crippen molar-refractivity contribution in [3.05, 3.63) is 24.3 Å². The van der Waals surface area contributed by atoms with Gasteiger partial charge >= 0.3 is 5.97 Å². The summed E-state index contributed by atoms with van der Waals surface area (Å²) in [5, 5.41) is 15.4. The first kappa shape index (κ1) is 16.7. The van der Waals surface area contributed by atoms with Crippen LogP contribution in [0.4, 0.5) is 0 Å². The molecule has 1 atom stereocenters. The smallest absolute Gasteiger partial charge is 0.308 e. The number of carbonyl (C=O) groups excluding carboxylic acids is 1. The van der Waals surface area contributed by atoms with E-state index in [0.29, 0.717) is 23.9 Å². The molecule has 2 N–H and O–H groups in total. The highest BCUT2D eigenvalue weighted by molar-refractivity contribution is 5.77. The molecule has 0 saturated heterocycles. The first-order chi connectivity index (χ1) is 11.1. The van der Waals surface area contributed by atoms with Crippen molar-refractivity contribution in [2.24, 2.45) is 5.92 Å². The molecular weight excluding hydrogens is 302 g/mol. The minimum Gasteiger partial charge on any atom is -0.481 e. The molecule has 0 aliphatic rings. The van der Waals surface area contributed by atoms with Crippen LogP contribution < -0.4 is 5.32 Å². The Morgan fingerprint density at radius 2 is 2.26 bits per heavy atom. The average Bonchev–Trinajstić information content (AvgIpc) is 3.19. The highest BCUT2D eigenvalue weighted by Gasteiger charge is 2.17. The molecule has 124 valence electrons. The Labute approximate surface area is 132 Å². The summed E-state index contributed by atoms with van der Waals surface area (Å²) in [7, 11) is 0. The number of carbonyl (C=O) groups is 2. The van der Waals surface area contributed by atoms with Crippen molar-refractivity contribution >= 4 is 11.9 Å². The summed E-state index contributed by atoms with van der Waals surface area (Å²) >= 11 is 0. The van der Waals surface area contributed by atoms with E-state index in [2.05, 4.69) is 15.5 Å². The number of furan rings is 1. The second-order valence-corrected chi connectivity index (χ2v) is 5.12. The Balaban J connectivity index is 1.77. The first-order valence-corrected chi connectivity index (χ1v) is 7.46. The normalized spacial score (nSPS) is 12.0. The van der Waals surface area contributed by atoms with Gasteiger partial charge in [-0.25, -0.2) is 0 Å². The number of aromatic nitrogens is 2. The lowest BCUT2D eigenvalue weighted by molar-refractivity contribution is -0.141. The van der Waals surface area contributed by atoms with Crippen molar-refractivity contribution in [3.63, 3.8) is 0 Å². The Hall–Kier alpha value is -2.64. The molecule has 0 aliphatic heterocycles. The summed E-state index contributed by atoms with van der Waals surface area (Å²) in [4.78, 5) is 26.9. The van der Waals surface area contributed by atoms with Crippen molar-refractivity contribution in [1.29, 1.82) is 0 Å². The average molecular weight is 321 g/mol. The van der Waals surface area contributed by atoms with E-state index in [1.54, 1.807) is 12.1 Å². The summed E-state index contributed by atoms with van der Waals surface area (Å²) in [5.74, 6) is -0.544. The number of hydrogen-bond acceptors (Lipinski definition) is 6. The van der Waals surface area contributed by atoms with Gasteiger partial charge in [0.1, 0.15) is 0 Å². The molecule has 0 radical (unpaired) electrons. The van der Waals surface area contributed by atoms with Crippen LogP contribution in [0.5, 0.6) is 0 Å². The quantitative estimate of drug-likeness (QED) is 0.723. The van der Waals surface area contributed by atoms with E-state index >= 15 is 0 Å². The highest BCUT2D eigenvalue weighted by atomic mass is 16.5. The van der Waals surface area contributed by atoms with E-state index in [0.717, 1.165) is 6.42 Å². The monoisotopic (exact) mass is 321 g/mol. The molecular formula is C15H19N3O5. The number of nitrogens with zero attached hydrogens (tertiary/aromatic N) is 2. The molecule has 0 saturated carbocycles. The largest absolute Gasteiger partial charge is 0.481 e. The molecule has 8 nitrogen and oxygen atoms in total. The van der Waals surface area contributed by atoms with Gasteiger partial charge in [0.25, 0.3) is 0 Å². The predicted molar refractivity (Wildman–Crippen MR) is 79.4 cm³/mol. The van der Waals surface area contributed by atoms with Gasteiger partial charge in [-0.2, -0.15) is 4.98 Å². The zero-order valence-corrected chi connectivity index (χ0v) is 12.8. The number of nitrogens with one attached hydrogen (secondary N) is 1. The zero-order valence-electron chi connectivity index (χ0n) is 12.8. The standard InChI is InChI=1S/C15H19N3O5/c1-2-4-10(15(20)21)9-16-12(19)6-7-13-17-14(18-23-13)11-5-3-8-22-11/h3,5,8,10H,2,4,6-7,9H2,1H3,(H,16,19)(H,20,21). The fraction of sp³-hybridized carbons (Fsp3) is 0.467. The van der Waals surface area contributed by atoms with Gasteiger partial charge in [0.15, 0.2) is 5.76 Å². The Morgan fingerprint density at radius 3 is 2.91 bits per heavy atom. The molecule has 23 heavy (non-hydrogen) atoms. The summed E-state index contributed by atoms with van der Waals surface area (Å²) in [6.45, 7) is 2.04. The fourth-order valence-electron chi connectivity index (χ4n) is 2.07. The van der Waals surface area contributed by atoms with Gasteiger partial charge in [-0.1, -0.05) is 18.5 Å². The number of aliphatic carboxylic acids is 1. The van der Waals surface area contributed by atoms with Gasteiger partial charge in [0, 0.05) is 19.4 Å². The lowest BCUT2D eigenvalue weighted by atomic mass is 10.0. The van der Waals surface area contributed by atoms with Crippen molar-refractivity contribution in [1.82, 2.24) is 15.5 Å². The third-order valence-corrected chi connectivity index (χ3v) is 3.31. The Bertz CT molecular complexity index is 635. The molecule has 1 unspecified atom stereocenters. The molecule has 0 aromatic carbocycles. The predicted octanol–water partition coefficient (Wildman–Crippen LogP) is 1.88. The number of carboxylic acids is 1. The van der Waals surface area contributed by atoms with E-state index < -0.39 is 11.9 Å². The van der Waals surface area contributed by atoms with Crippen LogP contribution in [0.3, 0.4) is 0 Å². The fourth-order valence-corrected chi connectivity index (χ4v) is 2.07. The Kier molecular flexibility index (Phi) is 5.90. The highest BCUT2D eigenvalue weighted by Crippen LogP contribution is 2.16. The van der Waals surface area contributed by atoms with Gasteiger partial charge in [-0.05, 0) is 18.6 Å². The molecule has 1 amide bonds. The van der Waals surface area contributed by atoms with Crippen LogP contribution >= 0.6 is 0 Å². The summed E-state index contributed by atoms with van der Waals surface area (Å²) in [5.41, 5.74) is 0. The van der Waals surface area contributed by atoms with Gasteiger partial charge in [0.2, 0.25) is 17.6 Å². The maximum Gasteiger partial charge on any atom is 0.308 e. The van der Waals surface area contributed by atoms with Crippen LogP contribution in [-0.2, 0) is 16.0 Å². The van der Waals surface area contributed by atoms with Crippen molar-refractivity contribution in [2.45, 2.75) is 32.6 Å². The summed E-state index contributed by atoms with van der Waals surface area (Å²) in [6, 6.07) is 3.43. The number of hydrogen-bond donors (Lipinski definition) is 2. The van der Waals surface area contributed by atoms with E-state index in [1.807, 2.05) is 6.92 Å². The summed E-state index contributed by atoms with van der Waals surface area (Å²) in [6.07, 6.45) is 3.23. The van der Waals surface area contributed by atoms with E-state index in [-0.39, 0.29) is 25.3 Å². The molecule has 2 heterocycles. The van der Waals surface area contributed by atoms with Crippen molar-refractivity contribution in [2.75, 3.05) is 6.54 Å². The molecule has 0 fully saturated rings. The van der Waals surface area contributed by atoms with Crippen LogP contribution in [0.1, 0.15) is 32.1 Å². The van der Waals surface area contributed by atoms with E-state index in [9.17, 15) is 9.59 Å². The molecule has 2 aromatic rings. The van der Waals surface area contributed by atoms with Gasteiger partial charge in [-0.15, -0.1) is 0 Å². The lowest BCUT2D eigenvalue weighted by Gasteiger charge is -2.11. The number of aryl methyl sites for hydroxylation is 1. The molecule has 8 heteroatoms. The van der Waals surface area contributed by atoms with Gasteiger partial charge in [-0.3, -0.25) is 9.59 Å². The first-order valence-electron chi connectivity index (χ1n) is 7.46. The third-order valence-electron chi connectivity index (χ3n) is 3.31. The minimum atomic E-state index is -0.896. The van der Waals surface area contributed by atoms with Crippen molar-refractivity contribution < 1.29 is 23.6 Å². The van der Waals surface area contributed by atoms with E-state index in [1.165, 1.54) is 6.26 Å². The van der Waals surface area contributed by atoms with Crippen LogP contribution in [0.15, 0.2) is 27.3 Å². The molecule has 0 spiro atoms. The third kappa shape index (κ3) is 4.94. The SMILES string of the molecule is CCCC(CNC(=O)CCc1nc(-c2ccco2)no1)C(=O)O. The molecule has 0 aliphatic carbocycles. The topological polar surface area (TPSA) is 118 Å². The number of rotatable bonds is 9. The maximum absolute atomic E-state index is 11.8. The van der Waals surface area contributed by atoms with Crippen LogP contribution in [0, 0.1) is 5.92 Å². The molecule has 2 aromatic heterocycles. The van der Waals surface area contributed by atoms with Crippen LogP contribution in [0.25, 0.3) is 11.6 Å². The van der Waals surface area contributed by atoms with Gasteiger partial charge in [0.05, 0.1) is 12.2 Å². The van der Waals surface area contributed by atoms with Crippen molar-refractivity contribution in [3.8, 4) is 11.6 Å². The number of carboxylic acid groups (broad SMARTS) is 1. The maximum atomic E-state index is 11.8. The van der Waals surface area contributed by atoms with Gasteiger partial charge < -0.3 is 19.4 Å².